The summed E-state index contributed by atoms with van der Waals surface area (Å²) in [5, 5.41) is 8.08. The summed E-state index contributed by atoms with van der Waals surface area (Å²) in [5.74, 6) is -0.145. The van der Waals surface area contributed by atoms with Gasteiger partial charge in [-0.3, -0.25) is 0 Å². The molecule has 1 aliphatic heterocycles. The Bertz CT molecular complexity index is 549. The van der Waals surface area contributed by atoms with Crippen molar-refractivity contribution in [2.24, 2.45) is 5.14 Å². The van der Waals surface area contributed by atoms with Gasteiger partial charge in [-0.15, -0.1) is 0 Å². The number of hydrogen-bond acceptors (Lipinski definition) is 3. The lowest BCUT2D eigenvalue weighted by molar-refractivity contribution is 0.600. The van der Waals surface area contributed by atoms with Crippen molar-refractivity contribution in [3.05, 3.63) is 59.5 Å². The molecule has 0 bridgehead atoms. The van der Waals surface area contributed by atoms with E-state index in [1.165, 1.54) is 0 Å². The number of dihydropyridines is 1. The third-order valence-electron chi connectivity index (χ3n) is 2.23. The topological polar surface area (TPSA) is 72.2 Å². The molecule has 0 saturated carbocycles. The van der Waals surface area contributed by atoms with Gasteiger partial charge in [-0.05, 0) is 23.3 Å². The molecule has 1 heterocycles. The van der Waals surface area contributed by atoms with E-state index in [4.69, 9.17) is 5.14 Å². The minimum absolute atomic E-state index is 0.145. The van der Waals surface area contributed by atoms with Crippen molar-refractivity contribution in [1.29, 1.82) is 0 Å². The summed E-state index contributed by atoms with van der Waals surface area (Å²) in [6, 6.07) is 0. The highest BCUT2D eigenvalue weighted by atomic mass is 32.2. The Labute approximate surface area is 94.6 Å². The van der Waals surface area contributed by atoms with Crippen LogP contribution in [0.3, 0.4) is 0 Å². The van der Waals surface area contributed by atoms with Crippen molar-refractivity contribution in [3.63, 3.8) is 0 Å². The molecule has 0 atom stereocenters. The zero-order chi connectivity index (χ0) is 11.6. The molecule has 2 aliphatic rings. The molecule has 4 nitrogen and oxygen atoms in total. The number of nitrogens with two attached hydrogens (primary N) is 1. The van der Waals surface area contributed by atoms with Crippen LogP contribution >= 0.6 is 0 Å². The minimum atomic E-state index is -3.48. The second-order valence-electron chi connectivity index (χ2n) is 3.59. The molecular weight excluding hydrogens is 224 g/mol. The first-order chi connectivity index (χ1) is 7.54. The third-order valence-corrected chi connectivity index (χ3v) is 2.97. The first-order valence-electron chi connectivity index (χ1n) is 4.78. The third kappa shape index (κ3) is 2.71. The lowest BCUT2D eigenvalue weighted by Gasteiger charge is -2.09. The van der Waals surface area contributed by atoms with Crippen molar-refractivity contribution in [1.82, 2.24) is 5.32 Å². The molecule has 0 aromatic rings. The lowest BCUT2D eigenvalue weighted by atomic mass is 10.1. The summed E-state index contributed by atoms with van der Waals surface area (Å²) >= 11 is 0. The van der Waals surface area contributed by atoms with Gasteiger partial charge in [0.2, 0.25) is 10.0 Å². The van der Waals surface area contributed by atoms with E-state index >= 15 is 0 Å². The van der Waals surface area contributed by atoms with Gasteiger partial charge in [0.15, 0.2) is 0 Å². The van der Waals surface area contributed by atoms with E-state index in [2.05, 4.69) is 5.32 Å². The van der Waals surface area contributed by atoms with Gasteiger partial charge in [-0.25, -0.2) is 13.6 Å². The van der Waals surface area contributed by atoms with E-state index in [0.717, 1.165) is 11.3 Å². The maximum Gasteiger partial charge on any atom is 0.213 e. The SMILES string of the molecule is NS(=O)(=O)CC1=CC=C2NC=CC=C2C=C1. The maximum atomic E-state index is 11.0. The Morgan fingerprint density at radius 2 is 2.00 bits per heavy atom. The van der Waals surface area contributed by atoms with E-state index in [9.17, 15) is 8.42 Å². The number of nitrogens with one attached hydrogen (secondary N) is 1. The number of sulfonamides is 1. The van der Waals surface area contributed by atoms with E-state index in [1.807, 2.05) is 30.5 Å². The Morgan fingerprint density at radius 1 is 1.19 bits per heavy atom. The number of hydrogen-bond donors (Lipinski definition) is 2. The van der Waals surface area contributed by atoms with Crippen LogP contribution in [-0.4, -0.2) is 14.2 Å². The molecule has 3 N–H and O–H groups in total. The molecule has 0 saturated heterocycles. The van der Waals surface area contributed by atoms with Gasteiger partial charge >= 0.3 is 0 Å². The van der Waals surface area contributed by atoms with Crippen molar-refractivity contribution in [3.8, 4) is 0 Å². The molecule has 0 amide bonds. The second-order valence-corrected chi connectivity index (χ2v) is 5.20. The van der Waals surface area contributed by atoms with Crippen LogP contribution in [0.15, 0.2) is 59.5 Å². The lowest BCUT2D eigenvalue weighted by Crippen LogP contribution is -2.17. The summed E-state index contributed by atoms with van der Waals surface area (Å²) in [7, 11) is -3.48. The zero-order valence-corrected chi connectivity index (χ0v) is 9.37. The summed E-state index contributed by atoms with van der Waals surface area (Å²) in [5.41, 5.74) is 2.64. The number of primary sulfonamides is 1. The van der Waals surface area contributed by atoms with Gasteiger partial charge in [0.1, 0.15) is 0 Å². The highest BCUT2D eigenvalue weighted by Crippen LogP contribution is 2.18. The molecule has 2 rings (SSSR count). The molecule has 0 aromatic heterocycles. The van der Waals surface area contributed by atoms with Gasteiger partial charge in [0.05, 0.1) is 5.75 Å². The van der Waals surface area contributed by atoms with Crippen LogP contribution in [0.5, 0.6) is 0 Å². The van der Waals surface area contributed by atoms with E-state index in [1.54, 1.807) is 12.2 Å². The molecule has 16 heavy (non-hydrogen) atoms. The molecule has 0 aromatic carbocycles. The van der Waals surface area contributed by atoms with Crippen LogP contribution in [0.2, 0.25) is 0 Å². The van der Waals surface area contributed by atoms with Gasteiger partial charge in [-0.1, -0.05) is 24.3 Å². The predicted octanol–water partition coefficient (Wildman–Crippen LogP) is 0.698. The van der Waals surface area contributed by atoms with Crippen molar-refractivity contribution < 1.29 is 8.42 Å². The number of fused-ring (bicyclic) bond motifs is 1. The van der Waals surface area contributed by atoms with Gasteiger partial charge in [0, 0.05) is 11.9 Å². The van der Waals surface area contributed by atoms with Gasteiger partial charge < -0.3 is 5.32 Å². The Hall–Kier alpha value is -1.59. The minimum Gasteiger partial charge on any atom is -0.361 e. The van der Waals surface area contributed by atoms with Crippen LogP contribution in [0.25, 0.3) is 0 Å². The van der Waals surface area contributed by atoms with Crippen LogP contribution in [0.1, 0.15) is 0 Å². The standard InChI is InChI=1S/C11H12N2O2S/c12-16(14,15)8-9-3-5-10-2-1-7-13-11(10)6-4-9/h1-7,13H,8H2,(H2,12,14,15). The maximum absolute atomic E-state index is 11.0. The molecule has 0 fully saturated rings. The average Bonchev–Trinajstić information content (AvgIpc) is 2.39. The summed E-state index contributed by atoms with van der Waals surface area (Å²) in [4.78, 5) is 0. The van der Waals surface area contributed by atoms with Gasteiger partial charge in [0.25, 0.3) is 0 Å². The van der Waals surface area contributed by atoms with Crippen LogP contribution < -0.4 is 10.5 Å². The Balaban J connectivity index is 2.28. The highest BCUT2D eigenvalue weighted by molar-refractivity contribution is 7.89. The average molecular weight is 236 g/mol. The molecule has 84 valence electrons. The quantitative estimate of drug-likeness (QED) is 0.741. The van der Waals surface area contributed by atoms with Crippen LogP contribution in [0.4, 0.5) is 0 Å². The smallest absolute Gasteiger partial charge is 0.213 e. The molecule has 0 spiro atoms. The monoisotopic (exact) mass is 236 g/mol. The molecule has 1 aliphatic carbocycles. The predicted molar refractivity (Wildman–Crippen MR) is 63.6 cm³/mol. The number of rotatable bonds is 2. The van der Waals surface area contributed by atoms with Crippen LogP contribution in [-0.2, 0) is 10.0 Å². The summed E-state index contributed by atoms with van der Waals surface area (Å²) in [6.45, 7) is 0. The fourth-order valence-electron chi connectivity index (χ4n) is 1.52. The van der Waals surface area contributed by atoms with Crippen LogP contribution in [0, 0.1) is 0 Å². The first-order valence-corrected chi connectivity index (χ1v) is 6.49. The first kappa shape index (κ1) is 10.9. The Kier molecular flexibility index (Phi) is 2.80. The normalized spacial score (nSPS) is 18.9. The molecular formula is C11H12N2O2S. The van der Waals surface area contributed by atoms with Crippen molar-refractivity contribution >= 4 is 10.0 Å². The molecule has 5 heteroatoms. The largest absolute Gasteiger partial charge is 0.361 e. The fraction of sp³-hybridized carbons (Fsp3) is 0.0909. The molecule has 0 radical (unpaired) electrons. The van der Waals surface area contributed by atoms with E-state index < -0.39 is 10.0 Å². The fourth-order valence-corrected chi connectivity index (χ4v) is 2.18. The number of allylic oxidation sites excluding steroid dienone is 6. The van der Waals surface area contributed by atoms with E-state index in [-0.39, 0.29) is 5.75 Å². The molecule has 0 unspecified atom stereocenters. The zero-order valence-electron chi connectivity index (χ0n) is 8.55. The second kappa shape index (κ2) is 4.11. The van der Waals surface area contributed by atoms with E-state index in [0.29, 0.717) is 5.57 Å². The summed E-state index contributed by atoms with van der Waals surface area (Å²) in [6.07, 6.45) is 12.9. The van der Waals surface area contributed by atoms with Gasteiger partial charge in [-0.2, -0.15) is 0 Å². The highest BCUT2D eigenvalue weighted by Gasteiger charge is 2.09. The summed E-state index contributed by atoms with van der Waals surface area (Å²) < 4.78 is 21.9. The Morgan fingerprint density at radius 3 is 2.75 bits per heavy atom. The van der Waals surface area contributed by atoms with Crippen molar-refractivity contribution in [2.45, 2.75) is 0 Å². The van der Waals surface area contributed by atoms with Crippen molar-refractivity contribution in [2.75, 3.05) is 5.75 Å².